The molecule has 2 aliphatic heterocycles. The molecule has 144 valence electrons. The number of carbonyl (C=O) groups excluding carboxylic acids is 1. The summed E-state index contributed by atoms with van der Waals surface area (Å²) < 4.78 is 14.2. The maximum Gasteiger partial charge on any atom is 0.256 e. The maximum absolute atomic E-state index is 14.2. The van der Waals surface area contributed by atoms with Crippen LogP contribution in [0.3, 0.4) is 0 Å². The van der Waals surface area contributed by atoms with Crippen molar-refractivity contribution in [2.24, 2.45) is 0 Å². The van der Waals surface area contributed by atoms with Gasteiger partial charge in [0.2, 0.25) is 0 Å². The van der Waals surface area contributed by atoms with Crippen LogP contribution in [0.1, 0.15) is 43.0 Å². The van der Waals surface area contributed by atoms with Crippen molar-refractivity contribution >= 4 is 5.91 Å². The third-order valence-electron chi connectivity index (χ3n) is 5.47. The van der Waals surface area contributed by atoms with Crippen molar-refractivity contribution < 1.29 is 9.18 Å². The summed E-state index contributed by atoms with van der Waals surface area (Å²) in [6, 6.07) is 9.25. The first-order valence-corrected chi connectivity index (χ1v) is 9.75. The Bertz CT molecular complexity index is 751. The topological polar surface area (TPSA) is 36.4 Å². The van der Waals surface area contributed by atoms with Gasteiger partial charge in [-0.1, -0.05) is 12.1 Å². The van der Waals surface area contributed by atoms with E-state index in [-0.39, 0.29) is 11.5 Å². The maximum atomic E-state index is 14.2. The standard InChI is InChI=1S/C16H15FN2O.C6H13N/c17-15-10-12(13-4-3-7-18-11-13)5-6-14(15)16(20)19-8-1-2-9-19;1-6-4-3-5-7(6)2/h3-7,10-11H,1-2,8-9H2;6H,3-5H2,1-2H3/t;6-/m.1/s1. The summed E-state index contributed by atoms with van der Waals surface area (Å²) in [6.45, 7) is 5.04. The Morgan fingerprint density at radius 2 is 1.89 bits per heavy atom. The molecule has 27 heavy (non-hydrogen) atoms. The summed E-state index contributed by atoms with van der Waals surface area (Å²) in [6.07, 6.45) is 8.15. The predicted molar refractivity (Wildman–Crippen MR) is 106 cm³/mol. The number of hydrogen-bond donors (Lipinski definition) is 0. The van der Waals surface area contributed by atoms with Crippen LogP contribution in [-0.4, -0.2) is 53.4 Å². The minimum Gasteiger partial charge on any atom is -0.339 e. The Kier molecular flexibility index (Phi) is 6.56. The minimum absolute atomic E-state index is 0.152. The Labute approximate surface area is 161 Å². The SMILES string of the molecule is C[C@@H]1CCCN1C.O=C(c1ccc(-c2cccnc2)cc1F)N1CCCC1. The van der Waals surface area contributed by atoms with Gasteiger partial charge in [-0.25, -0.2) is 4.39 Å². The summed E-state index contributed by atoms with van der Waals surface area (Å²) in [5.41, 5.74) is 1.72. The van der Waals surface area contributed by atoms with E-state index in [1.165, 1.54) is 25.5 Å². The largest absolute Gasteiger partial charge is 0.339 e. The average molecular weight is 369 g/mol. The second-order valence-electron chi connectivity index (χ2n) is 7.41. The molecular formula is C22H28FN3O. The normalized spacial score (nSPS) is 19.7. The quantitative estimate of drug-likeness (QED) is 0.795. The number of hydrogen-bond acceptors (Lipinski definition) is 3. The van der Waals surface area contributed by atoms with Crippen molar-refractivity contribution in [3.05, 3.63) is 54.1 Å². The van der Waals surface area contributed by atoms with Gasteiger partial charge in [-0.05, 0) is 70.0 Å². The van der Waals surface area contributed by atoms with Crippen LogP contribution in [-0.2, 0) is 0 Å². The number of nitrogens with zero attached hydrogens (tertiary/aromatic N) is 3. The Hall–Kier alpha value is -2.27. The van der Waals surface area contributed by atoms with Crippen molar-refractivity contribution in [2.75, 3.05) is 26.7 Å². The summed E-state index contributed by atoms with van der Waals surface area (Å²) >= 11 is 0. The van der Waals surface area contributed by atoms with Crippen LogP contribution < -0.4 is 0 Å². The predicted octanol–water partition coefficient (Wildman–Crippen LogP) is 4.22. The molecule has 0 spiro atoms. The van der Waals surface area contributed by atoms with Crippen LogP contribution in [0.25, 0.3) is 11.1 Å². The van der Waals surface area contributed by atoms with Crippen LogP contribution in [0.5, 0.6) is 0 Å². The lowest BCUT2D eigenvalue weighted by Gasteiger charge is -2.16. The average Bonchev–Trinajstić information content (AvgIpc) is 3.35. The second-order valence-corrected chi connectivity index (χ2v) is 7.41. The number of aromatic nitrogens is 1. The molecule has 2 saturated heterocycles. The second kappa shape index (κ2) is 9.09. The van der Waals surface area contributed by atoms with Gasteiger partial charge < -0.3 is 9.80 Å². The first kappa shape index (κ1) is 19.5. The smallest absolute Gasteiger partial charge is 0.256 e. The van der Waals surface area contributed by atoms with Gasteiger partial charge >= 0.3 is 0 Å². The van der Waals surface area contributed by atoms with E-state index < -0.39 is 5.82 Å². The number of halogens is 1. The molecule has 1 atom stereocenters. The van der Waals surface area contributed by atoms with Crippen molar-refractivity contribution in [2.45, 2.75) is 38.6 Å². The van der Waals surface area contributed by atoms with Crippen molar-refractivity contribution in [3.8, 4) is 11.1 Å². The van der Waals surface area contributed by atoms with E-state index in [4.69, 9.17) is 0 Å². The first-order valence-electron chi connectivity index (χ1n) is 9.75. The highest BCUT2D eigenvalue weighted by molar-refractivity contribution is 5.95. The molecule has 5 heteroatoms. The highest BCUT2D eigenvalue weighted by atomic mass is 19.1. The van der Waals surface area contributed by atoms with Crippen molar-refractivity contribution in [3.63, 3.8) is 0 Å². The molecule has 2 fully saturated rings. The Balaban J connectivity index is 0.000000253. The fraction of sp³-hybridized carbons (Fsp3) is 0.455. The van der Waals surface area contributed by atoms with Gasteiger partial charge in [0.25, 0.3) is 5.91 Å². The highest BCUT2D eigenvalue weighted by Crippen LogP contribution is 2.23. The van der Waals surface area contributed by atoms with E-state index in [1.807, 2.05) is 6.07 Å². The lowest BCUT2D eigenvalue weighted by atomic mass is 10.0. The summed E-state index contributed by atoms with van der Waals surface area (Å²) in [5.74, 6) is -0.680. The molecule has 0 saturated carbocycles. The molecule has 1 aromatic carbocycles. The minimum atomic E-state index is -0.469. The molecule has 1 amide bonds. The van der Waals surface area contributed by atoms with Gasteiger partial charge in [-0.2, -0.15) is 0 Å². The molecule has 0 aliphatic carbocycles. The summed E-state index contributed by atoms with van der Waals surface area (Å²) in [7, 11) is 2.19. The zero-order valence-corrected chi connectivity index (χ0v) is 16.2. The Morgan fingerprint density at radius 1 is 1.11 bits per heavy atom. The van der Waals surface area contributed by atoms with Gasteiger partial charge in [0, 0.05) is 37.1 Å². The van der Waals surface area contributed by atoms with Gasteiger partial charge in [0.15, 0.2) is 0 Å². The zero-order chi connectivity index (χ0) is 19.2. The molecule has 4 rings (SSSR count). The molecular weight excluding hydrogens is 341 g/mol. The molecule has 0 N–H and O–H groups in total. The van der Waals surface area contributed by atoms with E-state index in [1.54, 1.807) is 35.5 Å². The molecule has 0 bridgehead atoms. The Morgan fingerprint density at radius 3 is 2.41 bits per heavy atom. The van der Waals surface area contributed by atoms with E-state index in [0.29, 0.717) is 0 Å². The van der Waals surface area contributed by atoms with Crippen molar-refractivity contribution in [1.82, 2.24) is 14.8 Å². The molecule has 1 aromatic heterocycles. The summed E-state index contributed by atoms with van der Waals surface area (Å²) in [4.78, 5) is 20.3. The van der Waals surface area contributed by atoms with Crippen LogP contribution in [0, 0.1) is 5.82 Å². The van der Waals surface area contributed by atoms with E-state index in [2.05, 4.69) is 23.9 Å². The number of benzene rings is 1. The number of likely N-dealkylation sites (tertiary alicyclic amines) is 2. The third kappa shape index (κ3) is 4.92. The van der Waals surface area contributed by atoms with E-state index >= 15 is 0 Å². The molecule has 4 nitrogen and oxygen atoms in total. The van der Waals surface area contributed by atoms with Crippen LogP contribution >= 0.6 is 0 Å². The summed E-state index contributed by atoms with van der Waals surface area (Å²) in [5, 5.41) is 0. The van der Waals surface area contributed by atoms with Gasteiger partial charge in [0.1, 0.15) is 5.82 Å². The fourth-order valence-electron chi connectivity index (χ4n) is 3.57. The molecule has 2 aliphatic rings. The molecule has 0 radical (unpaired) electrons. The third-order valence-corrected chi connectivity index (χ3v) is 5.47. The first-order chi connectivity index (χ1) is 13.1. The van der Waals surface area contributed by atoms with Crippen LogP contribution in [0.4, 0.5) is 4.39 Å². The highest BCUT2D eigenvalue weighted by Gasteiger charge is 2.22. The van der Waals surface area contributed by atoms with E-state index in [0.717, 1.165) is 43.1 Å². The molecule has 2 aromatic rings. The monoisotopic (exact) mass is 369 g/mol. The lowest BCUT2D eigenvalue weighted by Crippen LogP contribution is -2.28. The number of carbonyl (C=O) groups is 1. The fourth-order valence-corrected chi connectivity index (χ4v) is 3.57. The zero-order valence-electron chi connectivity index (χ0n) is 16.2. The lowest BCUT2D eigenvalue weighted by molar-refractivity contribution is 0.0788. The van der Waals surface area contributed by atoms with Gasteiger partial charge in [0.05, 0.1) is 5.56 Å². The number of rotatable bonds is 2. The van der Waals surface area contributed by atoms with Crippen LogP contribution in [0.15, 0.2) is 42.7 Å². The number of pyridine rings is 1. The molecule has 3 heterocycles. The van der Waals surface area contributed by atoms with Gasteiger partial charge in [-0.3, -0.25) is 9.78 Å². The van der Waals surface area contributed by atoms with E-state index in [9.17, 15) is 9.18 Å². The van der Waals surface area contributed by atoms with Gasteiger partial charge in [-0.15, -0.1) is 0 Å². The molecule has 0 unspecified atom stereocenters. The van der Waals surface area contributed by atoms with Crippen molar-refractivity contribution in [1.29, 1.82) is 0 Å². The number of amides is 1. The van der Waals surface area contributed by atoms with Crippen LogP contribution in [0.2, 0.25) is 0 Å².